The Bertz CT molecular complexity index is 634. The molecular weight excluding hydrogens is 246 g/mol. The number of fused-ring (bicyclic) bond motifs is 2. The Balaban J connectivity index is 2.24. The van der Waals surface area contributed by atoms with E-state index in [0.717, 1.165) is 28.3 Å². The molecule has 0 aliphatic carbocycles. The molecule has 0 amide bonds. The Kier molecular flexibility index (Phi) is 2.73. The summed E-state index contributed by atoms with van der Waals surface area (Å²) in [5.41, 5.74) is 4.12. The zero-order valence-electron chi connectivity index (χ0n) is 9.91. The van der Waals surface area contributed by atoms with Crippen LogP contribution in [0.2, 0.25) is 5.02 Å². The Morgan fingerprint density at radius 1 is 1.06 bits per heavy atom. The lowest BCUT2D eigenvalue weighted by Crippen LogP contribution is -1.94. The molecule has 0 unspecified atom stereocenters. The third kappa shape index (κ3) is 1.85. The predicted octanol–water partition coefficient (Wildman–Crippen LogP) is 4.54. The van der Waals surface area contributed by atoms with E-state index in [1.165, 1.54) is 0 Å². The second kappa shape index (κ2) is 4.39. The molecule has 0 bridgehead atoms. The summed E-state index contributed by atoms with van der Waals surface area (Å²) in [6, 6.07) is 13.8. The van der Waals surface area contributed by atoms with Gasteiger partial charge in [-0.25, -0.2) is 0 Å². The van der Waals surface area contributed by atoms with Crippen molar-refractivity contribution in [3.05, 3.63) is 58.6 Å². The standard InChI is InChI=1S/C15H12ClNO/c1-18-15-8-10-4-2-3-5-13(10)17-14-9-11(16)6-7-12(14)15/h2-9,17H,1H3. The van der Waals surface area contributed by atoms with Crippen molar-refractivity contribution in [3.8, 4) is 0 Å². The van der Waals surface area contributed by atoms with Crippen LogP contribution in [0.5, 0.6) is 0 Å². The lowest BCUT2D eigenvalue weighted by atomic mass is 10.1. The van der Waals surface area contributed by atoms with Gasteiger partial charge in [0.05, 0.1) is 12.8 Å². The quantitative estimate of drug-likeness (QED) is 0.810. The van der Waals surface area contributed by atoms with E-state index in [9.17, 15) is 0 Å². The fourth-order valence-electron chi connectivity index (χ4n) is 2.10. The number of hydrogen-bond acceptors (Lipinski definition) is 2. The maximum Gasteiger partial charge on any atom is 0.128 e. The first-order valence-corrected chi connectivity index (χ1v) is 6.07. The van der Waals surface area contributed by atoms with Crippen LogP contribution >= 0.6 is 11.6 Å². The molecule has 0 spiro atoms. The number of anilines is 2. The van der Waals surface area contributed by atoms with Crippen molar-refractivity contribution in [1.82, 2.24) is 0 Å². The average Bonchev–Trinajstić information content (AvgIpc) is 2.53. The first kappa shape index (κ1) is 11.2. The van der Waals surface area contributed by atoms with Gasteiger partial charge in [0.15, 0.2) is 0 Å². The van der Waals surface area contributed by atoms with Crippen molar-refractivity contribution in [2.45, 2.75) is 0 Å². The zero-order chi connectivity index (χ0) is 12.5. The zero-order valence-corrected chi connectivity index (χ0v) is 10.7. The van der Waals surface area contributed by atoms with Crippen LogP contribution in [0.15, 0.2) is 42.5 Å². The summed E-state index contributed by atoms with van der Waals surface area (Å²) in [5.74, 6) is 0.833. The Hall–Kier alpha value is -1.93. The van der Waals surface area contributed by atoms with Gasteiger partial charge in [0, 0.05) is 21.8 Å². The second-order valence-electron chi connectivity index (χ2n) is 4.11. The number of hydrogen-bond donors (Lipinski definition) is 1. The van der Waals surface area contributed by atoms with E-state index >= 15 is 0 Å². The van der Waals surface area contributed by atoms with Crippen molar-refractivity contribution in [2.75, 3.05) is 12.4 Å². The number of para-hydroxylation sites is 1. The van der Waals surface area contributed by atoms with Gasteiger partial charge in [-0.1, -0.05) is 29.8 Å². The van der Waals surface area contributed by atoms with Crippen LogP contribution < -0.4 is 5.32 Å². The van der Waals surface area contributed by atoms with Crippen LogP contribution in [-0.4, -0.2) is 7.11 Å². The first-order valence-electron chi connectivity index (χ1n) is 5.69. The highest BCUT2D eigenvalue weighted by molar-refractivity contribution is 6.31. The van der Waals surface area contributed by atoms with E-state index in [2.05, 4.69) is 11.4 Å². The van der Waals surface area contributed by atoms with E-state index < -0.39 is 0 Å². The van der Waals surface area contributed by atoms with Gasteiger partial charge in [0.25, 0.3) is 0 Å². The summed E-state index contributed by atoms with van der Waals surface area (Å²) in [4.78, 5) is 0. The fraction of sp³-hybridized carbons (Fsp3) is 0.0667. The SMILES string of the molecule is COC1=Cc2ccccc2Nc2cc(Cl)ccc21. The maximum atomic E-state index is 6.05. The van der Waals surface area contributed by atoms with E-state index in [1.807, 2.05) is 42.5 Å². The molecule has 0 atom stereocenters. The smallest absolute Gasteiger partial charge is 0.128 e. The van der Waals surface area contributed by atoms with E-state index in [0.29, 0.717) is 5.02 Å². The highest BCUT2D eigenvalue weighted by Crippen LogP contribution is 2.36. The van der Waals surface area contributed by atoms with Crippen molar-refractivity contribution in [3.63, 3.8) is 0 Å². The number of ether oxygens (including phenoxy) is 1. The monoisotopic (exact) mass is 257 g/mol. The van der Waals surface area contributed by atoms with Gasteiger partial charge < -0.3 is 10.1 Å². The molecule has 0 aromatic heterocycles. The molecular formula is C15H12ClNO. The molecule has 1 heterocycles. The Morgan fingerprint density at radius 3 is 2.72 bits per heavy atom. The number of rotatable bonds is 1. The molecule has 2 aromatic carbocycles. The third-order valence-corrected chi connectivity index (χ3v) is 3.22. The molecule has 0 radical (unpaired) electrons. The van der Waals surface area contributed by atoms with Gasteiger partial charge in [0.1, 0.15) is 5.76 Å². The number of halogens is 1. The van der Waals surface area contributed by atoms with Crippen LogP contribution in [0.25, 0.3) is 11.8 Å². The second-order valence-corrected chi connectivity index (χ2v) is 4.55. The van der Waals surface area contributed by atoms with E-state index in [1.54, 1.807) is 7.11 Å². The van der Waals surface area contributed by atoms with Crippen LogP contribution in [0.3, 0.4) is 0 Å². The molecule has 3 heteroatoms. The van der Waals surface area contributed by atoms with Crippen LogP contribution in [0.1, 0.15) is 11.1 Å². The minimum Gasteiger partial charge on any atom is -0.496 e. The topological polar surface area (TPSA) is 21.3 Å². The fourth-order valence-corrected chi connectivity index (χ4v) is 2.28. The molecule has 0 saturated heterocycles. The van der Waals surface area contributed by atoms with Gasteiger partial charge in [-0.15, -0.1) is 0 Å². The molecule has 1 N–H and O–H groups in total. The van der Waals surface area contributed by atoms with E-state index in [4.69, 9.17) is 16.3 Å². The van der Waals surface area contributed by atoms with Crippen LogP contribution in [0, 0.1) is 0 Å². The molecule has 0 saturated carbocycles. The third-order valence-electron chi connectivity index (χ3n) is 2.98. The summed E-state index contributed by atoms with van der Waals surface area (Å²) in [5, 5.41) is 4.10. The van der Waals surface area contributed by atoms with Crippen molar-refractivity contribution in [2.24, 2.45) is 0 Å². The van der Waals surface area contributed by atoms with Gasteiger partial charge in [-0.2, -0.15) is 0 Å². The highest BCUT2D eigenvalue weighted by Gasteiger charge is 2.15. The Morgan fingerprint density at radius 2 is 1.89 bits per heavy atom. The number of methoxy groups -OCH3 is 1. The molecule has 90 valence electrons. The van der Waals surface area contributed by atoms with Gasteiger partial charge in [-0.3, -0.25) is 0 Å². The van der Waals surface area contributed by atoms with Gasteiger partial charge >= 0.3 is 0 Å². The van der Waals surface area contributed by atoms with Gasteiger partial charge in [0.2, 0.25) is 0 Å². The maximum absolute atomic E-state index is 6.05. The summed E-state index contributed by atoms with van der Waals surface area (Å²) in [6.07, 6.45) is 2.03. The first-order chi connectivity index (χ1) is 8.78. The number of nitrogens with one attached hydrogen (secondary N) is 1. The summed E-state index contributed by atoms with van der Waals surface area (Å²) >= 11 is 6.05. The lowest BCUT2D eigenvalue weighted by Gasteiger charge is -2.11. The van der Waals surface area contributed by atoms with Crippen molar-refractivity contribution >= 4 is 34.8 Å². The minimum absolute atomic E-state index is 0.705. The molecule has 0 fully saturated rings. The largest absolute Gasteiger partial charge is 0.496 e. The molecule has 2 aromatic rings. The highest BCUT2D eigenvalue weighted by atomic mass is 35.5. The summed E-state index contributed by atoms with van der Waals surface area (Å²) < 4.78 is 5.47. The molecule has 1 aliphatic rings. The average molecular weight is 258 g/mol. The predicted molar refractivity (Wildman–Crippen MR) is 76.1 cm³/mol. The van der Waals surface area contributed by atoms with Crippen molar-refractivity contribution in [1.29, 1.82) is 0 Å². The molecule has 18 heavy (non-hydrogen) atoms. The number of benzene rings is 2. The van der Waals surface area contributed by atoms with Crippen molar-refractivity contribution < 1.29 is 4.74 Å². The molecule has 3 rings (SSSR count). The van der Waals surface area contributed by atoms with Gasteiger partial charge in [-0.05, 0) is 30.3 Å². The van der Waals surface area contributed by atoms with Crippen LogP contribution in [0.4, 0.5) is 11.4 Å². The lowest BCUT2D eigenvalue weighted by molar-refractivity contribution is 0.373. The van der Waals surface area contributed by atoms with Crippen LogP contribution in [-0.2, 0) is 4.74 Å². The molecule has 1 aliphatic heterocycles. The summed E-state index contributed by atoms with van der Waals surface area (Å²) in [6.45, 7) is 0. The Labute approximate surface area is 111 Å². The minimum atomic E-state index is 0.705. The normalized spacial score (nSPS) is 12.7. The van der Waals surface area contributed by atoms with E-state index in [-0.39, 0.29) is 0 Å². The molecule has 2 nitrogen and oxygen atoms in total. The summed E-state index contributed by atoms with van der Waals surface area (Å²) in [7, 11) is 1.68.